The van der Waals surface area contributed by atoms with Crippen molar-refractivity contribution in [2.45, 2.75) is 78.1 Å². The number of phenols is 1. The zero-order valence-corrected chi connectivity index (χ0v) is 16.1. The molecule has 2 N–H and O–H groups in total. The summed E-state index contributed by atoms with van der Waals surface area (Å²) in [5, 5.41) is 19.2. The lowest BCUT2D eigenvalue weighted by Gasteiger charge is -2.27. The van der Waals surface area contributed by atoms with Crippen molar-refractivity contribution in [1.29, 1.82) is 0 Å². The Hall–Kier alpha value is -2.04. The molecule has 0 unspecified atom stereocenters. The standard InChI is InChI=1S/C20H30O5/c1-19(2,3)13-11-14(20(4,5)6)18(24)15(12-13)25-17(23)10-8-7-9-16(21)22/h11-12,24H,7-10H2,1-6H3,(H,21,22). The zero-order chi connectivity index (χ0) is 19.4. The van der Waals surface area contributed by atoms with Crippen LogP contribution in [-0.2, 0) is 20.4 Å². The van der Waals surface area contributed by atoms with Gasteiger partial charge in [-0.25, -0.2) is 0 Å². The van der Waals surface area contributed by atoms with Gasteiger partial charge in [-0.2, -0.15) is 0 Å². The van der Waals surface area contributed by atoms with Crippen LogP contribution in [0.4, 0.5) is 0 Å². The second-order valence-corrected chi connectivity index (χ2v) is 8.45. The number of unbranched alkanes of at least 4 members (excludes halogenated alkanes) is 1. The second-order valence-electron chi connectivity index (χ2n) is 8.45. The van der Waals surface area contributed by atoms with Gasteiger partial charge in [0.2, 0.25) is 0 Å². The molecule has 0 saturated heterocycles. The Balaban J connectivity index is 3.01. The van der Waals surface area contributed by atoms with E-state index in [0.29, 0.717) is 12.8 Å². The Kier molecular flexibility index (Phi) is 6.63. The van der Waals surface area contributed by atoms with Gasteiger partial charge < -0.3 is 14.9 Å². The van der Waals surface area contributed by atoms with E-state index in [9.17, 15) is 14.7 Å². The number of carbonyl (C=O) groups excluding carboxylic acids is 1. The average molecular weight is 350 g/mol. The normalized spacial score (nSPS) is 12.1. The molecule has 5 heteroatoms. The number of esters is 1. The molecule has 0 aromatic heterocycles. The second kappa shape index (κ2) is 7.89. The van der Waals surface area contributed by atoms with Crippen LogP contribution in [0, 0.1) is 0 Å². The van der Waals surface area contributed by atoms with Crippen LogP contribution in [0.2, 0.25) is 0 Å². The number of carboxylic acids is 1. The van der Waals surface area contributed by atoms with Gasteiger partial charge in [0.25, 0.3) is 0 Å². The van der Waals surface area contributed by atoms with E-state index in [1.165, 1.54) is 0 Å². The lowest BCUT2D eigenvalue weighted by molar-refractivity contribution is -0.138. The molecule has 0 spiro atoms. The molecule has 0 amide bonds. The molecular weight excluding hydrogens is 320 g/mol. The Bertz CT molecular complexity index is 633. The quantitative estimate of drug-likeness (QED) is 0.447. The van der Waals surface area contributed by atoms with E-state index in [4.69, 9.17) is 9.84 Å². The Morgan fingerprint density at radius 1 is 0.960 bits per heavy atom. The summed E-state index contributed by atoms with van der Waals surface area (Å²) in [6.45, 7) is 12.2. The monoisotopic (exact) mass is 350 g/mol. The van der Waals surface area contributed by atoms with Crippen molar-refractivity contribution in [3.8, 4) is 11.5 Å². The summed E-state index contributed by atoms with van der Waals surface area (Å²) >= 11 is 0. The van der Waals surface area contributed by atoms with Crippen LogP contribution in [0.15, 0.2) is 12.1 Å². The number of ether oxygens (including phenoxy) is 1. The van der Waals surface area contributed by atoms with Gasteiger partial charge in [-0.3, -0.25) is 9.59 Å². The number of carbonyl (C=O) groups is 2. The molecule has 0 aliphatic rings. The smallest absolute Gasteiger partial charge is 0.311 e. The minimum atomic E-state index is -0.876. The van der Waals surface area contributed by atoms with Crippen molar-refractivity contribution < 1.29 is 24.5 Å². The molecule has 0 radical (unpaired) electrons. The first-order chi connectivity index (χ1) is 11.3. The fourth-order valence-corrected chi connectivity index (χ4v) is 2.41. The maximum absolute atomic E-state index is 12.1. The molecule has 0 atom stereocenters. The number of benzene rings is 1. The predicted molar refractivity (Wildman–Crippen MR) is 97.2 cm³/mol. The summed E-state index contributed by atoms with van der Waals surface area (Å²) < 4.78 is 5.39. The highest BCUT2D eigenvalue weighted by Crippen LogP contribution is 2.41. The lowest BCUT2D eigenvalue weighted by atomic mass is 9.80. The number of aromatic hydroxyl groups is 1. The predicted octanol–water partition coefficient (Wildman–Crippen LogP) is 4.54. The number of rotatable bonds is 6. The molecule has 1 rings (SSSR count). The topological polar surface area (TPSA) is 83.8 Å². The van der Waals surface area contributed by atoms with Crippen molar-refractivity contribution in [1.82, 2.24) is 0 Å². The number of carboxylic acid groups (broad SMARTS) is 1. The summed E-state index contributed by atoms with van der Waals surface area (Å²) in [4.78, 5) is 22.5. The van der Waals surface area contributed by atoms with Crippen LogP contribution < -0.4 is 4.74 Å². The van der Waals surface area contributed by atoms with Gasteiger partial charge in [-0.1, -0.05) is 47.6 Å². The van der Waals surface area contributed by atoms with Crippen LogP contribution >= 0.6 is 0 Å². The van der Waals surface area contributed by atoms with E-state index in [-0.39, 0.29) is 35.2 Å². The van der Waals surface area contributed by atoms with E-state index in [0.717, 1.165) is 11.1 Å². The molecule has 1 aromatic rings. The summed E-state index contributed by atoms with van der Waals surface area (Å²) in [6.07, 6.45) is 1.02. The Morgan fingerprint density at radius 3 is 2.00 bits per heavy atom. The summed E-state index contributed by atoms with van der Waals surface area (Å²) in [5.41, 5.74) is 1.25. The Labute approximate surface area is 150 Å². The van der Waals surface area contributed by atoms with E-state index >= 15 is 0 Å². The first-order valence-corrected chi connectivity index (χ1v) is 8.63. The molecular formula is C20H30O5. The third-order valence-corrected chi connectivity index (χ3v) is 3.99. The maximum atomic E-state index is 12.1. The highest BCUT2D eigenvalue weighted by Gasteiger charge is 2.26. The van der Waals surface area contributed by atoms with Gasteiger partial charge in [0.05, 0.1) is 0 Å². The summed E-state index contributed by atoms with van der Waals surface area (Å²) in [6, 6.07) is 3.67. The zero-order valence-electron chi connectivity index (χ0n) is 16.1. The minimum absolute atomic E-state index is 0.0145. The molecule has 1 aromatic carbocycles. The van der Waals surface area contributed by atoms with Crippen LogP contribution in [0.5, 0.6) is 11.5 Å². The number of phenolic OH excluding ortho intramolecular Hbond substituents is 1. The lowest BCUT2D eigenvalue weighted by Crippen LogP contribution is -2.18. The van der Waals surface area contributed by atoms with Gasteiger partial charge in [-0.05, 0) is 35.3 Å². The van der Waals surface area contributed by atoms with Gasteiger partial charge in [0.15, 0.2) is 11.5 Å². The SMILES string of the molecule is CC(C)(C)c1cc(OC(=O)CCCCC(=O)O)c(O)c(C(C)(C)C)c1. The number of aliphatic carboxylic acids is 1. The van der Waals surface area contributed by atoms with Gasteiger partial charge in [0.1, 0.15) is 0 Å². The highest BCUT2D eigenvalue weighted by molar-refractivity contribution is 5.74. The van der Waals surface area contributed by atoms with Crippen LogP contribution in [0.1, 0.15) is 78.4 Å². The summed E-state index contributed by atoms with van der Waals surface area (Å²) in [5.74, 6) is -1.19. The molecule has 0 fully saturated rings. The fraction of sp³-hybridized carbons (Fsp3) is 0.600. The van der Waals surface area contributed by atoms with E-state index < -0.39 is 11.9 Å². The van der Waals surface area contributed by atoms with Crippen molar-refractivity contribution in [2.75, 3.05) is 0 Å². The molecule has 0 aliphatic heterocycles. The van der Waals surface area contributed by atoms with Gasteiger partial charge in [-0.15, -0.1) is 0 Å². The average Bonchev–Trinajstić information content (AvgIpc) is 2.43. The number of hydrogen-bond donors (Lipinski definition) is 2. The molecule has 0 bridgehead atoms. The maximum Gasteiger partial charge on any atom is 0.311 e. The molecule has 0 heterocycles. The molecule has 25 heavy (non-hydrogen) atoms. The Morgan fingerprint density at radius 2 is 1.52 bits per heavy atom. The molecule has 140 valence electrons. The van der Waals surface area contributed by atoms with Gasteiger partial charge in [0, 0.05) is 18.4 Å². The number of hydrogen-bond acceptors (Lipinski definition) is 4. The van der Waals surface area contributed by atoms with E-state index in [2.05, 4.69) is 20.8 Å². The van der Waals surface area contributed by atoms with Crippen molar-refractivity contribution in [3.05, 3.63) is 23.3 Å². The largest absolute Gasteiger partial charge is 0.504 e. The van der Waals surface area contributed by atoms with E-state index in [1.807, 2.05) is 26.8 Å². The van der Waals surface area contributed by atoms with Gasteiger partial charge >= 0.3 is 11.9 Å². The van der Waals surface area contributed by atoms with Crippen LogP contribution in [0.3, 0.4) is 0 Å². The van der Waals surface area contributed by atoms with Crippen molar-refractivity contribution in [3.63, 3.8) is 0 Å². The third kappa shape index (κ3) is 6.40. The van der Waals surface area contributed by atoms with E-state index in [1.54, 1.807) is 6.07 Å². The summed E-state index contributed by atoms with van der Waals surface area (Å²) in [7, 11) is 0. The van der Waals surface area contributed by atoms with Crippen LogP contribution in [-0.4, -0.2) is 22.2 Å². The van der Waals surface area contributed by atoms with Crippen molar-refractivity contribution in [2.24, 2.45) is 0 Å². The minimum Gasteiger partial charge on any atom is -0.504 e. The third-order valence-electron chi connectivity index (χ3n) is 3.99. The molecule has 5 nitrogen and oxygen atoms in total. The fourth-order valence-electron chi connectivity index (χ4n) is 2.41. The van der Waals surface area contributed by atoms with Crippen molar-refractivity contribution >= 4 is 11.9 Å². The first-order valence-electron chi connectivity index (χ1n) is 8.63. The molecule has 0 saturated carbocycles. The molecule has 0 aliphatic carbocycles. The highest BCUT2D eigenvalue weighted by atomic mass is 16.5. The van der Waals surface area contributed by atoms with Crippen LogP contribution in [0.25, 0.3) is 0 Å². The first kappa shape index (κ1) is 21.0.